The van der Waals surface area contributed by atoms with Crippen LogP contribution in [0.2, 0.25) is 0 Å². The Morgan fingerprint density at radius 2 is 1.88 bits per heavy atom. The fraction of sp³-hybridized carbons (Fsp3) is 0.625. The topological polar surface area (TPSA) is 20.2 Å². The van der Waals surface area contributed by atoms with Gasteiger partial charge in [-0.15, -0.1) is 0 Å². The molecule has 0 radical (unpaired) electrons. The van der Waals surface area contributed by atoms with Crippen LogP contribution in [0.3, 0.4) is 0 Å². The maximum Gasteiger partial charge on any atom is 0.0490 e. The van der Waals surface area contributed by atoms with Crippen molar-refractivity contribution < 1.29 is 5.11 Å². The average Bonchev–Trinajstić information content (AvgIpc) is 3.00. The quantitative estimate of drug-likeness (QED) is 0.844. The van der Waals surface area contributed by atoms with Crippen LogP contribution in [0, 0.1) is 12.3 Å². The van der Waals surface area contributed by atoms with Crippen molar-refractivity contribution >= 4 is 0 Å². The molecule has 0 unspecified atom stereocenters. The van der Waals surface area contributed by atoms with Crippen molar-refractivity contribution in [2.75, 3.05) is 6.61 Å². The zero-order valence-corrected chi connectivity index (χ0v) is 11.5. The zero-order valence-electron chi connectivity index (χ0n) is 11.5. The van der Waals surface area contributed by atoms with Gasteiger partial charge in [-0.1, -0.05) is 39.0 Å². The third-order valence-corrected chi connectivity index (χ3v) is 4.07. The molecule has 1 aromatic carbocycles. The van der Waals surface area contributed by atoms with Crippen LogP contribution in [0.1, 0.15) is 50.3 Å². The van der Waals surface area contributed by atoms with Gasteiger partial charge < -0.3 is 5.11 Å². The summed E-state index contributed by atoms with van der Waals surface area (Å²) in [5.41, 5.74) is 4.61. The van der Waals surface area contributed by atoms with Gasteiger partial charge in [0.1, 0.15) is 0 Å². The van der Waals surface area contributed by atoms with Crippen LogP contribution in [-0.2, 0) is 11.8 Å². The molecule has 94 valence electrons. The van der Waals surface area contributed by atoms with E-state index in [0.29, 0.717) is 6.61 Å². The Labute approximate surface area is 105 Å². The molecule has 0 aromatic heterocycles. The standard InChI is InChI=1S/C16H24O/c1-12-9-14(15(2,3)4)6-5-13(12)10-16(11-17)7-8-16/h5-6,9,17H,7-8,10-11H2,1-4H3. The van der Waals surface area contributed by atoms with Gasteiger partial charge in [0.15, 0.2) is 0 Å². The summed E-state index contributed by atoms with van der Waals surface area (Å²) in [6, 6.07) is 6.81. The highest BCUT2D eigenvalue weighted by molar-refractivity contribution is 5.35. The Bertz CT molecular complexity index is 408. The lowest BCUT2D eigenvalue weighted by molar-refractivity contribution is 0.211. The number of aliphatic hydroxyl groups is 1. The molecular formula is C16H24O. The molecule has 1 N–H and O–H groups in total. The number of hydrogen-bond acceptors (Lipinski definition) is 1. The monoisotopic (exact) mass is 232 g/mol. The minimum Gasteiger partial charge on any atom is -0.396 e. The predicted octanol–water partition coefficient (Wildman–Crippen LogP) is 3.61. The Morgan fingerprint density at radius 1 is 1.24 bits per heavy atom. The third-order valence-electron chi connectivity index (χ3n) is 4.07. The molecule has 17 heavy (non-hydrogen) atoms. The minimum atomic E-state index is 0.216. The molecule has 0 heterocycles. The molecule has 0 spiro atoms. The first kappa shape index (κ1) is 12.6. The van der Waals surface area contributed by atoms with Gasteiger partial charge in [0.2, 0.25) is 0 Å². The molecule has 0 amide bonds. The molecule has 1 saturated carbocycles. The van der Waals surface area contributed by atoms with Crippen molar-refractivity contribution in [1.82, 2.24) is 0 Å². The van der Waals surface area contributed by atoms with Gasteiger partial charge in [-0.25, -0.2) is 0 Å². The zero-order chi connectivity index (χ0) is 12.7. The van der Waals surface area contributed by atoms with E-state index in [-0.39, 0.29) is 10.8 Å². The average molecular weight is 232 g/mol. The van der Waals surface area contributed by atoms with Gasteiger partial charge >= 0.3 is 0 Å². The second-order valence-corrected chi connectivity index (χ2v) is 6.73. The normalized spacial score (nSPS) is 18.2. The van der Waals surface area contributed by atoms with Crippen LogP contribution in [-0.4, -0.2) is 11.7 Å². The molecular weight excluding hydrogens is 208 g/mol. The van der Waals surface area contributed by atoms with Crippen LogP contribution < -0.4 is 0 Å². The highest BCUT2D eigenvalue weighted by Gasteiger charge is 2.42. The van der Waals surface area contributed by atoms with Gasteiger partial charge in [0.25, 0.3) is 0 Å². The second kappa shape index (κ2) is 4.13. The number of aryl methyl sites for hydroxylation is 1. The predicted molar refractivity (Wildman–Crippen MR) is 72.3 cm³/mol. The molecule has 1 aliphatic carbocycles. The Morgan fingerprint density at radius 3 is 2.29 bits per heavy atom. The molecule has 2 rings (SSSR count). The number of rotatable bonds is 3. The molecule has 1 aliphatic rings. The number of benzene rings is 1. The largest absolute Gasteiger partial charge is 0.396 e. The van der Waals surface area contributed by atoms with Crippen molar-refractivity contribution in [2.24, 2.45) is 5.41 Å². The van der Waals surface area contributed by atoms with E-state index < -0.39 is 0 Å². The van der Waals surface area contributed by atoms with E-state index in [1.807, 2.05) is 0 Å². The Hall–Kier alpha value is -0.820. The summed E-state index contributed by atoms with van der Waals surface area (Å²) >= 11 is 0. The molecule has 0 aliphatic heterocycles. The molecule has 1 aromatic rings. The van der Waals surface area contributed by atoms with E-state index in [4.69, 9.17) is 0 Å². The highest BCUT2D eigenvalue weighted by Crippen LogP contribution is 2.48. The summed E-state index contributed by atoms with van der Waals surface area (Å²) in [5.74, 6) is 0. The molecule has 0 saturated heterocycles. The van der Waals surface area contributed by atoms with Gasteiger partial charge in [-0.2, -0.15) is 0 Å². The van der Waals surface area contributed by atoms with Crippen LogP contribution in [0.5, 0.6) is 0 Å². The van der Waals surface area contributed by atoms with Gasteiger partial charge in [0, 0.05) is 6.61 Å². The van der Waals surface area contributed by atoms with E-state index in [1.165, 1.54) is 29.5 Å². The first-order chi connectivity index (χ1) is 7.86. The number of aliphatic hydroxyl groups excluding tert-OH is 1. The van der Waals surface area contributed by atoms with Crippen molar-refractivity contribution in [3.05, 3.63) is 34.9 Å². The Kier molecular flexibility index (Phi) is 3.07. The van der Waals surface area contributed by atoms with Crippen molar-refractivity contribution in [1.29, 1.82) is 0 Å². The summed E-state index contributed by atoms with van der Waals surface area (Å²) in [6.07, 6.45) is 3.41. The van der Waals surface area contributed by atoms with Crippen molar-refractivity contribution in [3.8, 4) is 0 Å². The SMILES string of the molecule is Cc1cc(C(C)(C)C)ccc1CC1(CO)CC1. The highest BCUT2D eigenvalue weighted by atomic mass is 16.3. The second-order valence-electron chi connectivity index (χ2n) is 6.73. The van der Waals surface area contributed by atoms with Gasteiger partial charge in [-0.05, 0) is 53.7 Å². The lowest BCUT2D eigenvalue weighted by Gasteiger charge is -2.21. The summed E-state index contributed by atoms with van der Waals surface area (Å²) in [6.45, 7) is 9.28. The first-order valence-electron chi connectivity index (χ1n) is 6.57. The third kappa shape index (κ3) is 2.71. The van der Waals surface area contributed by atoms with E-state index >= 15 is 0 Å². The molecule has 1 heteroatoms. The van der Waals surface area contributed by atoms with Crippen LogP contribution in [0.25, 0.3) is 0 Å². The summed E-state index contributed by atoms with van der Waals surface area (Å²) in [7, 11) is 0. The minimum absolute atomic E-state index is 0.216. The maximum absolute atomic E-state index is 9.39. The fourth-order valence-corrected chi connectivity index (χ4v) is 2.33. The summed E-state index contributed by atoms with van der Waals surface area (Å²) in [5, 5.41) is 9.39. The van der Waals surface area contributed by atoms with Crippen molar-refractivity contribution in [2.45, 2.75) is 52.4 Å². The summed E-state index contributed by atoms with van der Waals surface area (Å²) in [4.78, 5) is 0. The van der Waals surface area contributed by atoms with E-state index in [0.717, 1.165) is 6.42 Å². The first-order valence-corrected chi connectivity index (χ1v) is 6.57. The van der Waals surface area contributed by atoms with Crippen LogP contribution in [0.15, 0.2) is 18.2 Å². The lowest BCUT2D eigenvalue weighted by atomic mass is 9.84. The number of hydrogen-bond donors (Lipinski definition) is 1. The fourth-order valence-electron chi connectivity index (χ4n) is 2.33. The lowest BCUT2D eigenvalue weighted by Crippen LogP contribution is -2.14. The molecule has 0 atom stereocenters. The smallest absolute Gasteiger partial charge is 0.0490 e. The van der Waals surface area contributed by atoms with E-state index in [1.54, 1.807) is 0 Å². The van der Waals surface area contributed by atoms with Crippen LogP contribution in [0.4, 0.5) is 0 Å². The van der Waals surface area contributed by atoms with E-state index in [9.17, 15) is 5.11 Å². The Balaban J connectivity index is 2.20. The van der Waals surface area contributed by atoms with Gasteiger partial charge in [-0.3, -0.25) is 0 Å². The maximum atomic E-state index is 9.39. The van der Waals surface area contributed by atoms with E-state index in [2.05, 4.69) is 45.9 Å². The van der Waals surface area contributed by atoms with Crippen molar-refractivity contribution in [3.63, 3.8) is 0 Å². The molecule has 0 bridgehead atoms. The van der Waals surface area contributed by atoms with Crippen LogP contribution >= 0.6 is 0 Å². The van der Waals surface area contributed by atoms with Gasteiger partial charge in [0.05, 0.1) is 0 Å². The summed E-state index contributed by atoms with van der Waals surface area (Å²) < 4.78 is 0. The molecule has 1 nitrogen and oxygen atoms in total. The molecule has 1 fully saturated rings.